The summed E-state index contributed by atoms with van der Waals surface area (Å²) in [5.41, 5.74) is 3.05. The maximum atomic E-state index is 14.2. The third-order valence-electron chi connectivity index (χ3n) is 7.10. The zero-order chi connectivity index (χ0) is 30.2. The molecule has 3 rings (SSSR count). The number of aryl methyl sites for hydroxylation is 2. The Morgan fingerprint density at radius 1 is 0.878 bits per heavy atom. The summed E-state index contributed by atoms with van der Waals surface area (Å²) < 4.78 is 34.7. The van der Waals surface area contributed by atoms with E-state index in [9.17, 15) is 18.0 Å². The Labute approximate surface area is 244 Å². The first kappa shape index (κ1) is 31.7. The van der Waals surface area contributed by atoms with Crippen LogP contribution in [0, 0.1) is 13.8 Å². The van der Waals surface area contributed by atoms with E-state index in [1.165, 1.54) is 24.1 Å². The molecule has 2 amide bonds. The van der Waals surface area contributed by atoms with Crippen LogP contribution in [0.15, 0.2) is 77.7 Å². The SMILES string of the molecule is CC[C@@H](C)NC(=O)[C@@H](CC)N(Cc1ccc(C)cc1)C(=O)CN(c1ccccc1OC)S(=O)(=O)c1ccc(C)cc1. The van der Waals surface area contributed by atoms with E-state index in [0.29, 0.717) is 12.2 Å². The molecule has 0 radical (unpaired) electrons. The number of amides is 2. The van der Waals surface area contributed by atoms with Crippen LogP contribution in [0.1, 0.15) is 50.3 Å². The summed E-state index contributed by atoms with van der Waals surface area (Å²) in [5, 5.41) is 2.99. The van der Waals surface area contributed by atoms with Gasteiger partial charge in [-0.2, -0.15) is 0 Å². The summed E-state index contributed by atoms with van der Waals surface area (Å²) in [4.78, 5) is 29.1. The molecule has 3 aromatic carbocycles. The molecule has 0 aliphatic rings. The number of carbonyl (C=O) groups is 2. The first-order valence-electron chi connectivity index (χ1n) is 13.9. The molecule has 0 saturated heterocycles. The summed E-state index contributed by atoms with van der Waals surface area (Å²) in [7, 11) is -2.73. The fraction of sp³-hybridized carbons (Fsp3) is 0.375. The van der Waals surface area contributed by atoms with Gasteiger partial charge in [0.15, 0.2) is 0 Å². The van der Waals surface area contributed by atoms with Gasteiger partial charge in [0.2, 0.25) is 11.8 Å². The Hall–Kier alpha value is -3.85. The number of carbonyl (C=O) groups excluding carboxylic acids is 2. The molecule has 0 fully saturated rings. The highest BCUT2D eigenvalue weighted by Crippen LogP contribution is 2.32. The van der Waals surface area contributed by atoms with E-state index in [1.54, 1.807) is 36.4 Å². The first-order valence-corrected chi connectivity index (χ1v) is 15.3. The van der Waals surface area contributed by atoms with Crippen molar-refractivity contribution in [3.05, 3.63) is 89.5 Å². The number of para-hydroxylation sites is 2. The van der Waals surface area contributed by atoms with Crippen molar-refractivity contribution in [2.45, 2.75) is 71.0 Å². The highest BCUT2D eigenvalue weighted by molar-refractivity contribution is 7.92. The lowest BCUT2D eigenvalue weighted by molar-refractivity contribution is -0.140. The monoisotopic (exact) mass is 579 g/mol. The molecule has 41 heavy (non-hydrogen) atoms. The van der Waals surface area contributed by atoms with E-state index < -0.39 is 28.5 Å². The van der Waals surface area contributed by atoms with Crippen molar-refractivity contribution >= 4 is 27.5 Å². The maximum Gasteiger partial charge on any atom is 0.264 e. The van der Waals surface area contributed by atoms with Gasteiger partial charge in [-0.3, -0.25) is 13.9 Å². The molecule has 9 heteroatoms. The van der Waals surface area contributed by atoms with Crippen molar-refractivity contribution in [1.82, 2.24) is 10.2 Å². The van der Waals surface area contributed by atoms with Crippen LogP contribution in [0.5, 0.6) is 5.75 Å². The molecular formula is C32H41N3O5S. The highest BCUT2D eigenvalue weighted by atomic mass is 32.2. The summed E-state index contributed by atoms with van der Waals surface area (Å²) in [6, 6.07) is 20.0. The van der Waals surface area contributed by atoms with Gasteiger partial charge in [0, 0.05) is 12.6 Å². The summed E-state index contributed by atoms with van der Waals surface area (Å²) in [6.07, 6.45) is 1.10. The van der Waals surface area contributed by atoms with Gasteiger partial charge in [0.05, 0.1) is 17.7 Å². The molecule has 0 aliphatic heterocycles. The molecule has 0 spiro atoms. The third-order valence-corrected chi connectivity index (χ3v) is 8.88. The Kier molecular flexibility index (Phi) is 10.9. The Morgan fingerprint density at radius 2 is 1.46 bits per heavy atom. The lowest BCUT2D eigenvalue weighted by Gasteiger charge is -2.34. The quantitative estimate of drug-likeness (QED) is 0.299. The van der Waals surface area contributed by atoms with E-state index in [2.05, 4.69) is 5.32 Å². The lowest BCUT2D eigenvalue weighted by atomic mass is 10.1. The van der Waals surface area contributed by atoms with E-state index >= 15 is 0 Å². The minimum Gasteiger partial charge on any atom is -0.495 e. The fourth-order valence-corrected chi connectivity index (χ4v) is 5.86. The topological polar surface area (TPSA) is 96.0 Å². The first-order chi connectivity index (χ1) is 19.5. The zero-order valence-electron chi connectivity index (χ0n) is 24.8. The number of ether oxygens (including phenoxy) is 1. The second kappa shape index (κ2) is 14.2. The van der Waals surface area contributed by atoms with Gasteiger partial charge >= 0.3 is 0 Å². The molecule has 0 aromatic heterocycles. The molecule has 3 aromatic rings. The number of rotatable bonds is 13. The van der Waals surface area contributed by atoms with Crippen LogP contribution in [0.4, 0.5) is 5.69 Å². The van der Waals surface area contributed by atoms with Crippen LogP contribution in [-0.2, 0) is 26.2 Å². The van der Waals surface area contributed by atoms with Gasteiger partial charge in [0.25, 0.3) is 10.0 Å². The van der Waals surface area contributed by atoms with Crippen LogP contribution in [0.25, 0.3) is 0 Å². The van der Waals surface area contributed by atoms with Crippen LogP contribution in [-0.4, -0.2) is 50.9 Å². The third kappa shape index (κ3) is 7.88. The molecule has 0 unspecified atom stereocenters. The largest absolute Gasteiger partial charge is 0.495 e. The molecule has 0 heterocycles. The average Bonchev–Trinajstić information content (AvgIpc) is 2.96. The van der Waals surface area contributed by atoms with Crippen LogP contribution < -0.4 is 14.4 Å². The number of sulfonamides is 1. The minimum atomic E-state index is -4.18. The number of nitrogens with one attached hydrogen (secondary N) is 1. The van der Waals surface area contributed by atoms with Gasteiger partial charge in [0.1, 0.15) is 18.3 Å². The normalized spacial score (nSPS) is 12.7. The van der Waals surface area contributed by atoms with Crippen molar-refractivity contribution < 1.29 is 22.7 Å². The van der Waals surface area contributed by atoms with Crippen molar-refractivity contribution in [2.24, 2.45) is 0 Å². The van der Waals surface area contributed by atoms with Gasteiger partial charge in [-0.15, -0.1) is 0 Å². The predicted octanol–water partition coefficient (Wildman–Crippen LogP) is 5.23. The molecule has 0 aliphatic carbocycles. The van der Waals surface area contributed by atoms with Crippen molar-refractivity contribution in [1.29, 1.82) is 0 Å². The number of hydrogen-bond donors (Lipinski definition) is 1. The van der Waals surface area contributed by atoms with Gasteiger partial charge in [-0.05, 0) is 63.4 Å². The van der Waals surface area contributed by atoms with E-state index in [0.717, 1.165) is 27.4 Å². The number of anilines is 1. The Bertz CT molecular complexity index is 1420. The Balaban J connectivity index is 2.09. The highest BCUT2D eigenvalue weighted by Gasteiger charge is 2.34. The smallest absolute Gasteiger partial charge is 0.264 e. The van der Waals surface area contributed by atoms with E-state index in [4.69, 9.17) is 4.74 Å². The van der Waals surface area contributed by atoms with Crippen molar-refractivity contribution in [2.75, 3.05) is 18.0 Å². The number of nitrogens with zero attached hydrogens (tertiary/aromatic N) is 2. The van der Waals surface area contributed by atoms with Crippen molar-refractivity contribution in [3.8, 4) is 5.75 Å². The van der Waals surface area contributed by atoms with Gasteiger partial charge in [-0.1, -0.05) is 73.5 Å². The van der Waals surface area contributed by atoms with Crippen LogP contribution >= 0.6 is 0 Å². The average molecular weight is 580 g/mol. The second-order valence-electron chi connectivity index (χ2n) is 10.2. The van der Waals surface area contributed by atoms with Gasteiger partial charge < -0.3 is 15.0 Å². The summed E-state index contributed by atoms with van der Waals surface area (Å²) in [5.74, 6) is -0.464. The molecule has 1 N–H and O–H groups in total. The Morgan fingerprint density at radius 3 is 2.02 bits per heavy atom. The number of hydrogen-bond acceptors (Lipinski definition) is 5. The molecular weight excluding hydrogens is 538 g/mol. The second-order valence-corrected chi connectivity index (χ2v) is 12.1. The molecule has 0 saturated carbocycles. The minimum absolute atomic E-state index is 0.0495. The van der Waals surface area contributed by atoms with Gasteiger partial charge in [-0.25, -0.2) is 8.42 Å². The standard InChI is InChI=1S/C32H41N3O5S/c1-7-25(5)33-32(37)28(8-2)34(21-26-17-13-23(3)14-18-26)31(36)22-35(29-11-9-10-12-30(29)40-6)41(38,39)27-19-15-24(4)16-20-27/h9-20,25,28H,7-8,21-22H2,1-6H3,(H,33,37)/t25-,28-/m1/s1. The van der Waals surface area contributed by atoms with E-state index in [-0.39, 0.29) is 29.1 Å². The molecule has 220 valence electrons. The fourth-order valence-electron chi connectivity index (χ4n) is 4.44. The molecule has 2 atom stereocenters. The summed E-state index contributed by atoms with van der Waals surface area (Å²) >= 11 is 0. The van der Waals surface area contributed by atoms with Crippen LogP contribution in [0.3, 0.4) is 0 Å². The zero-order valence-corrected chi connectivity index (χ0v) is 25.6. The number of methoxy groups -OCH3 is 1. The summed E-state index contributed by atoms with van der Waals surface area (Å²) in [6.45, 7) is 9.21. The molecule has 0 bridgehead atoms. The van der Waals surface area contributed by atoms with Crippen molar-refractivity contribution in [3.63, 3.8) is 0 Å². The number of benzene rings is 3. The maximum absolute atomic E-state index is 14.2. The lowest BCUT2D eigenvalue weighted by Crippen LogP contribution is -2.53. The van der Waals surface area contributed by atoms with Crippen LogP contribution in [0.2, 0.25) is 0 Å². The molecule has 8 nitrogen and oxygen atoms in total. The predicted molar refractivity (Wildman–Crippen MR) is 162 cm³/mol. The van der Waals surface area contributed by atoms with E-state index in [1.807, 2.05) is 58.9 Å².